The molecule has 0 unspecified atom stereocenters. The average molecular weight is 392 g/mol. The number of ether oxygens (including phenoxy) is 1. The van der Waals surface area contributed by atoms with Crippen molar-refractivity contribution in [1.82, 2.24) is 10.7 Å². The fourth-order valence-electron chi connectivity index (χ4n) is 2.89. The largest absolute Gasteiger partial charge is 0.493 e. The van der Waals surface area contributed by atoms with Crippen LogP contribution in [0.15, 0.2) is 29.4 Å². The molecule has 27 heavy (non-hydrogen) atoms. The minimum absolute atomic E-state index is 0.566. The van der Waals surface area contributed by atoms with E-state index in [4.69, 9.17) is 17.0 Å². The molecular formula is C22H37N3OS. The van der Waals surface area contributed by atoms with Crippen LogP contribution >= 0.6 is 12.2 Å². The summed E-state index contributed by atoms with van der Waals surface area (Å²) in [5, 5.41) is 7.97. The second-order valence-electron chi connectivity index (χ2n) is 6.78. The molecule has 0 saturated carbocycles. The van der Waals surface area contributed by atoms with Crippen LogP contribution in [0.1, 0.15) is 83.6 Å². The van der Waals surface area contributed by atoms with Crippen molar-refractivity contribution < 1.29 is 4.74 Å². The third-order valence-electron chi connectivity index (χ3n) is 4.40. The Morgan fingerprint density at radius 3 is 2.26 bits per heavy atom. The van der Waals surface area contributed by atoms with Crippen molar-refractivity contribution in [3.05, 3.63) is 29.8 Å². The van der Waals surface area contributed by atoms with Gasteiger partial charge < -0.3 is 10.1 Å². The highest BCUT2D eigenvalue weighted by Gasteiger charge is 1.99. The van der Waals surface area contributed by atoms with Crippen molar-refractivity contribution in [2.75, 3.05) is 13.2 Å². The first-order valence-electron chi connectivity index (χ1n) is 10.6. The zero-order valence-corrected chi connectivity index (χ0v) is 18.0. The lowest BCUT2D eigenvalue weighted by atomic mass is 10.1. The third-order valence-corrected chi connectivity index (χ3v) is 4.64. The summed E-state index contributed by atoms with van der Waals surface area (Å²) in [5.74, 6) is 0.829. The molecule has 0 aliphatic carbocycles. The molecule has 152 valence electrons. The molecule has 0 aliphatic rings. The van der Waals surface area contributed by atoms with Crippen molar-refractivity contribution in [3.8, 4) is 5.75 Å². The number of unbranched alkanes of at least 4 members (excludes halogenated alkanes) is 9. The Bertz CT molecular complexity index is 534. The summed E-state index contributed by atoms with van der Waals surface area (Å²) in [6.45, 7) is 5.77. The number of hydrazone groups is 1. The zero-order valence-electron chi connectivity index (χ0n) is 17.1. The van der Waals surface area contributed by atoms with E-state index in [9.17, 15) is 0 Å². The van der Waals surface area contributed by atoms with Crippen molar-refractivity contribution in [2.24, 2.45) is 5.10 Å². The maximum atomic E-state index is 5.57. The molecule has 1 aromatic rings. The van der Waals surface area contributed by atoms with Gasteiger partial charge >= 0.3 is 0 Å². The Kier molecular flexibility index (Phi) is 14.4. The first-order valence-corrected chi connectivity index (χ1v) is 11.0. The Morgan fingerprint density at radius 1 is 0.963 bits per heavy atom. The normalized spacial score (nSPS) is 10.9. The molecule has 2 N–H and O–H groups in total. The Morgan fingerprint density at radius 2 is 1.59 bits per heavy atom. The second-order valence-corrected chi connectivity index (χ2v) is 7.19. The van der Waals surface area contributed by atoms with Crippen LogP contribution in [0.4, 0.5) is 0 Å². The van der Waals surface area contributed by atoms with Gasteiger partial charge in [-0.1, -0.05) is 76.8 Å². The molecule has 4 nitrogen and oxygen atoms in total. The monoisotopic (exact) mass is 391 g/mol. The van der Waals surface area contributed by atoms with E-state index in [2.05, 4.69) is 22.8 Å². The Labute approximate surface area is 171 Å². The van der Waals surface area contributed by atoms with E-state index in [1.165, 1.54) is 57.8 Å². The molecule has 0 spiro atoms. The van der Waals surface area contributed by atoms with Crippen LogP contribution in [-0.4, -0.2) is 24.5 Å². The van der Waals surface area contributed by atoms with Gasteiger partial charge in [-0.3, -0.25) is 5.43 Å². The summed E-state index contributed by atoms with van der Waals surface area (Å²) in [6, 6.07) is 7.82. The molecule has 0 bridgehead atoms. The molecule has 0 aliphatic heterocycles. The van der Waals surface area contributed by atoms with E-state index in [-0.39, 0.29) is 0 Å². The molecule has 0 radical (unpaired) electrons. The van der Waals surface area contributed by atoms with Gasteiger partial charge in [0.05, 0.1) is 12.8 Å². The van der Waals surface area contributed by atoms with Crippen LogP contribution in [0, 0.1) is 0 Å². The summed E-state index contributed by atoms with van der Waals surface area (Å²) in [6.07, 6.45) is 15.1. The first kappa shape index (κ1) is 23.4. The molecule has 0 heterocycles. The van der Waals surface area contributed by atoms with Crippen molar-refractivity contribution in [3.63, 3.8) is 0 Å². The lowest BCUT2D eigenvalue weighted by Gasteiger charge is -2.08. The molecule has 0 atom stereocenters. The highest BCUT2D eigenvalue weighted by molar-refractivity contribution is 7.80. The van der Waals surface area contributed by atoms with Gasteiger partial charge in [0.2, 0.25) is 0 Å². The maximum absolute atomic E-state index is 5.57. The quantitative estimate of drug-likeness (QED) is 0.171. The lowest BCUT2D eigenvalue weighted by molar-refractivity contribution is 0.340. The highest BCUT2D eigenvalue weighted by Crippen LogP contribution is 2.15. The minimum atomic E-state index is 0.566. The van der Waals surface area contributed by atoms with Gasteiger partial charge in [-0.05, 0) is 37.7 Å². The molecule has 5 heteroatoms. The molecule has 1 rings (SSSR count). The molecule has 0 fully saturated rings. The summed E-state index contributed by atoms with van der Waals surface area (Å²) in [7, 11) is 0. The van der Waals surface area contributed by atoms with Crippen LogP contribution in [-0.2, 0) is 0 Å². The van der Waals surface area contributed by atoms with Gasteiger partial charge in [0.1, 0.15) is 5.75 Å². The molecule has 0 amide bonds. The van der Waals surface area contributed by atoms with Crippen molar-refractivity contribution in [2.45, 2.75) is 78.1 Å². The minimum Gasteiger partial charge on any atom is -0.493 e. The van der Waals surface area contributed by atoms with E-state index >= 15 is 0 Å². The fourth-order valence-corrected chi connectivity index (χ4v) is 3.04. The predicted octanol–water partition coefficient (Wildman–Crippen LogP) is 5.80. The molecular weight excluding hydrogens is 354 g/mol. The highest BCUT2D eigenvalue weighted by atomic mass is 32.1. The fraction of sp³-hybridized carbons (Fsp3) is 0.636. The number of hydrogen-bond donors (Lipinski definition) is 2. The van der Waals surface area contributed by atoms with Crippen LogP contribution < -0.4 is 15.5 Å². The lowest BCUT2D eigenvalue weighted by Crippen LogP contribution is -2.32. The zero-order chi connectivity index (χ0) is 19.6. The van der Waals surface area contributed by atoms with Crippen molar-refractivity contribution >= 4 is 23.5 Å². The van der Waals surface area contributed by atoms with Crippen LogP contribution in [0.25, 0.3) is 0 Å². The van der Waals surface area contributed by atoms with Gasteiger partial charge in [0.25, 0.3) is 0 Å². The summed E-state index contributed by atoms with van der Waals surface area (Å²) in [5.41, 5.74) is 3.80. The SMILES string of the molecule is CCCCCCCCCCCCNC(=S)N/N=C/c1ccccc1OCC. The van der Waals surface area contributed by atoms with E-state index < -0.39 is 0 Å². The van der Waals surface area contributed by atoms with Gasteiger partial charge in [0, 0.05) is 12.1 Å². The van der Waals surface area contributed by atoms with Crippen LogP contribution in [0.3, 0.4) is 0 Å². The van der Waals surface area contributed by atoms with E-state index in [1.54, 1.807) is 6.21 Å². The number of hydrogen-bond acceptors (Lipinski definition) is 3. The standard InChI is InChI=1S/C22H37N3OS/c1-3-5-6-7-8-9-10-11-12-15-18-23-22(27)25-24-19-20-16-13-14-17-21(20)26-4-2/h13-14,16-17,19H,3-12,15,18H2,1-2H3,(H2,23,25,27)/b24-19+. The van der Waals surface area contributed by atoms with Gasteiger partial charge in [-0.25, -0.2) is 0 Å². The number of rotatable bonds is 15. The van der Waals surface area contributed by atoms with Crippen molar-refractivity contribution in [1.29, 1.82) is 0 Å². The number of nitrogens with one attached hydrogen (secondary N) is 2. The first-order chi connectivity index (χ1) is 13.3. The van der Waals surface area contributed by atoms with Gasteiger partial charge in [0.15, 0.2) is 5.11 Å². The topological polar surface area (TPSA) is 45.7 Å². The number of thiocarbonyl (C=S) groups is 1. The van der Waals surface area contributed by atoms with E-state index in [0.29, 0.717) is 11.7 Å². The second kappa shape index (κ2) is 16.5. The van der Waals surface area contributed by atoms with E-state index in [1.807, 2.05) is 31.2 Å². The Balaban J connectivity index is 2.03. The molecule has 1 aromatic carbocycles. The van der Waals surface area contributed by atoms with Gasteiger partial charge in [-0.15, -0.1) is 0 Å². The molecule has 0 aromatic heterocycles. The maximum Gasteiger partial charge on any atom is 0.186 e. The third kappa shape index (κ3) is 12.4. The average Bonchev–Trinajstić information content (AvgIpc) is 2.67. The number of nitrogens with zero attached hydrogens (tertiary/aromatic N) is 1. The number of para-hydroxylation sites is 1. The smallest absolute Gasteiger partial charge is 0.186 e. The summed E-state index contributed by atoms with van der Waals surface area (Å²) in [4.78, 5) is 0. The van der Waals surface area contributed by atoms with Crippen LogP contribution in [0.2, 0.25) is 0 Å². The number of benzene rings is 1. The van der Waals surface area contributed by atoms with E-state index in [0.717, 1.165) is 24.3 Å². The van der Waals surface area contributed by atoms with Crippen LogP contribution in [0.5, 0.6) is 5.75 Å². The molecule has 0 saturated heterocycles. The Hall–Kier alpha value is -1.62. The predicted molar refractivity (Wildman–Crippen MR) is 121 cm³/mol. The summed E-state index contributed by atoms with van der Waals surface area (Å²) >= 11 is 5.26. The summed E-state index contributed by atoms with van der Waals surface area (Å²) < 4.78 is 5.57. The van der Waals surface area contributed by atoms with Gasteiger partial charge in [-0.2, -0.15) is 5.10 Å².